The van der Waals surface area contributed by atoms with E-state index in [-0.39, 0.29) is 29.3 Å². The van der Waals surface area contributed by atoms with Gasteiger partial charge in [0.1, 0.15) is 31.0 Å². The number of ether oxygens (including phenoxy) is 2. The van der Waals surface area contributed by atoms with Crippen molar-refractivity contribution in [2.45, 2.75) is 108 Å². The molecular weight excluding hydrogens is 440 g/mol. The van der Waals surface area contributed by atoms with E-state index in [1.807, 2.05) is 6.92 Å². The third-order valence-electron chi connectivity index (χ3n) is 10.7. The SMILES string of the molecule is C=C1C[C@@]23CC[C@H]4[C@@](C)(CCC[C@@]4(C)C(=O)OC[C@@H]4O[C@H](O)[C@@H](O)[C@H](O)[C@H]4O)[C@@H]2CC[C@]1(O)C3. The summed E-state index contributed by atoms with van der Waals surface area (Å²) in [5.74, 6) is 0.238. The van der Waals surface area contributed by atoms with Gasteiger partial charge >= 0.3 is 5.97 Å². The predicted octanol–water partition coefficient (Wildman–Crippen LogP) is 1.41. The molecule has 11 atom stereocenters. The Hall–Kier alpha value is -1.03. The zero-order valence-corrected chi connectivity index (χ0v) is 20.3. The first-order valence-corrected chi connectivity index (χ1v) is 12.8. The van der Waals surface area contributed by atoms with Crippen LogP contribution in [0.4, 0.5) is 0 Å². The standard InChI is InChI=1S/C26H40O8/c1-14-11-25-9-5-16-23(2,17(25)6-10-26(14,32)13-25)7-4-8-24(16,3)22(31)33-12-15-18(27)19(28)20(29)21(30)34-15/h15-21,27-30,32H,1,4-13H2,2-3H3/t15-,16-,17-,18-,19+,20-,21-,23+,24+,25+,26-/m0/s1. The van der Waals surface area contributed by atoms with Crippen molar-refractivity contribution >= 4 is 5.97 Å². The van der Waals surface area contributed by atoms with E-state index < -0.39 is 41.7 Å². The monoisotopic (exact) mass is 480 g/mol. The Kier molecular flexibility index (Phi) is 5.79. The summed E-state index contributed by atoms with van der Waals surface area (Å²) in [6, 6.07) is 0. The topological polar surface area (TPSA) is 137 Å². The fourth-order valence-corrected chi connectivity index (χ4v) is 8.99. The van der Waals surface area contributed by atoms with Crippen molar-refractivity contribution in [2.24, 2.45) is 28.1 Å². The Balaban J connectivity index is 1.33. The molecule has 1 saturated heterocycles. The second-order valence-electron chi connectivity index (χ2n) is 12.4. The van der Waals surface area contributed by atoms with E-state index in [0.717, 1.165) is 63.4 Å². The molecule has 2 bridgehead atoms. The number of esters is 1. The van der Waals surface area contributed by atoms with Crippen LogP contribution in [0.2, 0.25) is 0 Å². The molecule has 8 heteroatoms. The number of fused-ring (bicyclic) bond motifs is 3. The summed E-state index contributed by atoms with van der Waals surface area (Å²) in [6.45, 7) is 8.24. The van der Waals surface area contributed by atoms with Crippen molar-refractivity contribution in [1.82, 2.24) is 0 Å². The van der Waals surface area contributed by atoms with Gasteiger partial charge in [0.2, 0.25) is 0 Å². The molecule has 5 fully saturated rings. The van der Waals surface area contributed by atoms with E-state index in [9.17, 15) is 30.3 Å². The molecule has 1 spiro atoms. The Morgan fingerprint density at radius 2 is 1.74 bits per heavy atom. The second kappa shape index (κ2) is 7.98. The molecule has 4 aliphatic carbocycles. The number of aliphatic hydroxyl groups is 5. The fraction of sp³-hybridized carbons (Fsp3) is 0.885. The predicted molar refractivity (Wildman–Crippen MR) is 121 cm³/mol. The minimum Gasteiger partial charge on any atom is -0.462 e. The van der Waals surface area contributed by atoms with E-state index in [0.29, 0.717) is 5.92 Å². The van der Waals surface area contributed by atoms with Gasteiger partial charge in [0.05, 0.1) is 11.0 Å². The van der Waals surface area contributed by atoms with Gasteiger partial charge in [-0.25, -0.2) is 0 Å². The molecular formula is C26H40O8. The molecule has 4 saturated carbocycles. The molecule has 1 heterocycles. The molecule has 5 aliphatic rings. The van der Waals surface area contributed by atoms with E-state index >= 15 is 0 Å². The third kappa shape index (κ3) is 3.36. The van der Waals surface area contributed by atoms with Crippen LogP contribution in [0, 0.1) is 28.1 Å². The highest BCUT2D eigenvalue weighted by Crippen LogP contribution is 2.72. The van der Waals surface area contributed by atoms with Gasteiger partial charge in [-0.3, -0.25) is 4.79 Å². The summed E-state index contributed by atoms with van der Waals surface area (Å²) in [7, 11) is 0. The molecule has 0 aromatic carbocycles. The Morgan fingerprint density at radius 1 is 1.03 bits per heavy atom. The van der Waals surface area contributed by atoms with Crippen molar-refractivity contribution < 1.29 is 39.8 Å². The van der Waals surface area contributed by atoms with Crippen molar-refractivity contribution in [3.8, 4) is 0 Å². The molecule has 0 aromatic heterocycles. The zero-order valence-electron chi connectivity index (χ0n) is 20.3. The second-order valence-corrected chi connectivity index (χ2v) is 12.4. The minimum absolute atomic E-state index is 0.0342. The number of aliphatic hydroxyl groups excluding tert-OH is 4. The van der Waals surface area contributed by atoms with Crippen LogP contribution in [0.5, 0.6) is 0 Å². The summed E-state index contributed by atoms with van der Waals surface area (Å²) in [5, 5.41) is 50.7. The Labute approximate surface area is 201 Å². The quantitative estimate of drug-likeness (QED) is 0.302. The van der Waals surface area contributed by atoms with Crippen molar-refractivity contribution in [2.75, 3.05) is 6.61 Å². The van der Waals surface area contributed by atoms with Gasteiger partial charge in [0.15, 0.2) is 6.29 Å². The van der Waals surface area contributed by atoms with Crippen LogP contribution in [0.15, 0.2) is 12.2 Å². The van der Waals surface area contributed by atoms with Crippen LogP contribution in [0.25, 0.3) is 0 Å². The van der Waals surface area contributed by atoms with Crippen LogP contribution in [0.1, 0.15) is 71.6 Å². The highest BCUT2D eigenvalue weighted by Gasteiger charge is 2.67. The summed E-state index contributed by atoms with van der Waals surface area (Å²) >= 11 is 0. The highest BCUT2D eigenvalue weighted by molar-refractivity contribution is 5.77. The molecule has 192 valence electrons. The lowest BCUT2D eigenvalue weighted by atomic mass is 9.41. The molecule has 0 aromatic rings. The van der Waals surface area contributed by atoms with Gasteiger partial charge in [-0.05, 0) is 86.5 Å². The lowest BCUT2D eigenvalue weighted by molar-refractivity contribution is -0.288. The maximum Gasteiger partial charge on any atom is 0.312 e. The largest absolute Gasteiger partial charge is 0.462 e. The highest BCUT2D eigenvalue weighted by atomic mass is 16.6. The van der Waals surface area contributed by atoms with E-state index in [1.165, 1.54) is 0 Å². The average molecular weight is 481 g/mol. The number of hydrogen-bond donors (Lipinski definition) is 5. The van der Waals surface area contributed by atoms with Gasteiger partial charge in [0, 0.05) is 0 Å². The van der Waals surface area contributed by atoms with Gasteiger partial charge in [-0.2, -0.15) is 0 Å². The molecule has 34 heavy (non-hydrogen) atoms. The molecule has 0 amide bonds. The van der Waals surface area contributed by atoms with Crippen LogP contribution < -0.4 is 0 Å². The van der Waals surface area contributed by atoms with Crippen molar-refractivity contribution in [1.29, 1.82) is 0 Å². The molecule has 5 N–H and O–H groups in total. The Morgan fingerprint density at radius 3 is 2.47 bits per heavy atom. The number of carbonyl (C=O) groups excluding carboxylic acids is 1. The Bertz CT molecular complexity index is 862. The van der Waals surface area contributed by atoms with E-state index in [4.69, 9.17) is 9.47 Å². The van der Waals surface area contributed by atoms with E-state index in [2.05, 4.69) is 13.5 Å². The number of rotatable bonds is 3. The van der Waals surface area contributed by atoms with Crippen LogP contribution in [-0.4, -0.2) is 74.4 Å². The summed E-state index contributed by atoms with van der Waals surface area (Å²) in [5.41, 5.74) is -0.386. The van der Waals surface area contributed by atoms with Gasteiger partial charge in [0.25, 0.3) is 0 Å². The van der Waals surface area contributed by atoms with Crippen LogP contribution in [-0.2, 0) is 14.3 Å². The zero-order chi connectivity index (χ0) is 24.7. The first-order valence-electron chi connectivity index (χ1n) is 12.8. The minimum atomic E-state index is -1.66. The fourth-order valence-electron chi connectivity index (χ4n) is 8.99. The molecule has 1 aliphatic heterocycles. The smallest absolute Gasteiger partial charge is 0.312 e. The maximum atomic E-state index is 13.5. The lowest BCUT2D eigenvalue weighted by Gasteiger charge is -2.63. The normalized spacial score (nSPS) is 54.8. The van der Waals surface area contributed by atoms with Crippen LogP contribution >= 0.6 is 0 Å². The molecule has 8 nitrogen and oxygen atoms in total. The average Bonchev–Trinajstić information content (AvgIpc) is 2.96. The summed E-state index contributed by atoms with van der Waals surface area (Å²) in [6.07, 6.45) is 0.492. The van der Waals surface area contributed by atoms with E-state index in [1.54, 1.807) is 0 Å². The first kappa shape index (κ1) is 24.7. The number of hydrogen-bond acceptors (Lipinski definition) is 8. The molecule has 0 unspecified atom stereocenters. The van der Waals surface area contributed by atoms with Gasteiger partial charge < -0.3 is 35.0 Å². The lowest BCUT2D eigenvalue weighted by Crippen LogP contribution is -2.60. The van der Waals surface area contributed by atoms with Gasteiger partial charge in [-0.1, -0.05) is 19.9 Å². The van der Waals surface area contributed by atoms with Gasteiger partial charge in [-0.15, -0.1) is 0 Å². The molecule has 0 radical (unpaired) electrons. The van der Waals surface area contributed by atoms with Crippen molar-refractivity contribution in [3.05, 3.63) is 12.2 Å². The third-order valence-corrected chi connectivity index (χ3v) is 10.7. The first-order chi connectivity index (χ1) is 15.9. The van der Waals surface area contributed by atoms with Crippen LogP contribution in [0.3, 0.4) is 0 Å². The number of carbonyl (C=O) groups is 1. The van der Waals surface area contributed by atoms with Crippen molar-refractivity contribution in [3.63, 3.8) is 0 Å². The molecule has 5 rings (SSSR count). The maximum absolute atomic E-state index is 13.5. The summed E-state index contributed by atoms with van der Waals surface area (Å²) < 4.78 is 10.9. The summed E-state index contributed by atoms with van der Waals surface area (Å²) in [4.78, 5) is 13.5.